The molecule has 3 heteroatoms. The number of aryl methyl sites for hydroxylation is 2. The van der Waals surface area contributed by atoms with Gasteiger partial charge in [-0.25, -0.2) is 9.67 Å². The molecular weight excluding hydrogens is 162 g/mol. The van der Waals surface area contributed by atoms with Crippen molar-refractivity contribution in [1.82, 2.24) is 14.8 Å². The molecule has 0 aromatic carbocycles. The van der Waals surface area contributed by atoms with Gasteiger partial charge in [0.15, 0.2) is 0 Å². The second-order valence-electron chi connectivity index (χ2n) is 3.94. The molecule has 1 fully saturated rings. The van der Waals surface area contributed by atoms with Crippen molar-refractivity contribution in [3.05, 3.63) is 11.6 Å². The van der Waals surface area contributed by atoms with E-state index in [1.165, 1.54) is 32.1 Å². The molecule has 1 saturated carbocycles. The van der Waals surface area contributed by atoms with Crippen LogP contribution in [-0.2, 0) is 0 Å². The summed E-state index contributed by atoms with van der Waals surface area (Å²) in [5, 5.41) is 4.44. The van der Waals surface area contributed by atoms with Crippen LogP contribution in [0.15, 0.2) is 0 Å². The van der Waals surface area contributed by atoms with Crippen molar-refractivity contribution in [3.63, 3.8) is 0 Å². The summed E-state index contributed by atoms with van der Waals surface area (Å²) in [5.41, 5.74) is 0. The van der Waals surface area contributed by atoms with Gasteiger partial charge in [0.1, 0.15) is 11.6 Å². The zero-order valence-electron chi connectivity index (χ0n) is 8.45. The Bertz CT molecular complexity index is 284. The smallest absolute Gasteiger partial charge is 0.147 e. The van der Waals surface area contributed by atoms with Gasteiger partial charge >= 0.3 is 0 Å². The fraction of sp³-hybridized carbons (Fsp3) is 0.800. The van der Waals surface area contributed by atoms with Crippen LogP contribution in [0.4, 0.5) is 0 Å². The van der Waals surface area contributed by atoms with Gasteiger partial charge in [0, 0.05) is 0 Å². The Morgan fingerprint density at radius 1 is 1.15 bits per heavy atom. The maximum absolute atomic E-state index is 4.44. The van der Waals surface area contributed by atoms with Crippen molar-refractivity contribution in [1.29, 1.82) is 0 Å². The molecule has 2 rings (SSSR count). The fourth-order valence-corrected chi connectivity index (χ4v) is 2.21. The lowest BCUT2D eigenvalue weighted by Gasteiger charge is -2.22. The topological polar surface area (TPSA) is 30.7 Å². The van der Waals surface area contributed by atoms with Crippen molar-refractivity contribution in [2.45, 2.75) is 52.0 Å². The number of nitrogens with zero attached hydrogens (tertiary/aromatic N) is 3. The Morgan fingerprint density at radius 2 is 1.85 bits per heavy atom. The van der Waals surface area contributed by atoms with E-state index >= 15 is 0 Å². The summed E-state index contributed by atoms with van der Waals surface area (Å²) in [6.45, 7) is 4.01. The van der Waals surface area contributed by atoms with E-state index in [9.17, 15) is 0 Å². The van der Waals surface area contributed by atoms with Crippen LogP contribution in [0.1, 0.15) is 49.8 Å². The van der Waals surface area contributed by atoms with Gasteiger partial charge < -0.3 is 0 Å². The zero-order chi connectivity index (χ0) is 9.26. The molecule has 0 saturated heterocycles. The van der Waals surface area contributed by atoms with Crippen LogP contribution in [0.2, 0.25) is 0 Å². The van der Waals surface area contributed by atoms with Crippen molar-refractivity contribution in [2.75, 3.05) is 0 Å². The molecule has 13 heavy (non-hydrogen) atoms. The van der Waals surface area contributed by atoms with E-state index < -0.39 is 0 Å². The maximum Gasteiger partial charge on any atom is 0.147 e. The third-order valence-corrected chi connectivity index (χ3v) is 2.83. The Morgan fingerprint density at radius 3 is 2.38 bits per heavy atom. The van der Waals surface area contributed by atoms with E-state index in [4.69, 9.17) is 0 Å². The van der Waals surface area contributed by atoms with Crippen LogP contribution < -0.4 is 0 Å². The molecule has 0 amide bonds. The van der Waals surface area contributed by atoms with Gasteiger partial charge in [-0.05, 0) is 26.7 Å². The molecular formula is C10H17N3. The number of rotatable bonds is 1. The summed E-state index contributed by atoms with van der Waals surface area (Å²) in [7, 11) is 0. The lowest BCUT2D eigenvalue weighted by atomic mass is 9.96. The lowest BCUT2D eigenvalue weighted by Crippen LogP contribution is -2.15. The first-order valence-electron chi connectivity index (χ1n) is 5.17. The third-order valence-electron chi connectivity index (χ3n) is 2.83. The molecule has 1 aromatic heterocycles. The molecule has 1 aliphatic rings. The van der Waals surface area contributed by atoms with Gasteiger partial charge in [-0.3, -0.25) is 0 Å². The Balaban J connectivity index is 2.18. The van der Waals surface area contributed by atoms with Gasteiger partial charge in [-0.1, -0.05) is 19.3 Å². The lowest BCUT2D eigenvalue weighted by molar-refractivity contribution is 0.323. The van der Waals surface area contributed by atoms with Crippen LogP contribution in [0.3, 0.4) is 0 Å². The Hall–Kier alpha value is -0.860. The van der Waals surface area contributed by atoms with Gasteiger partial charge in [0.05, 0.1) is 6.04 Å². The molecule has 1 aliphatic carbocycles. The highest BCUT2D eigenvalue weighted by atomic mass is 15.4. The van der Waals surface area contributed by atoms with Crippen molar-refractivity contribution in [2.24, 2.45) is 0 Å². The Kier molecular flexibility index (Phi) is 2.34. The first-order chi connectivity index (χ1) is 6.27. The quantitative estimate of drug-likeness (QED) is 0.662. The first-order valence-corrected chi connectivity index (χ1v) is 5.17. The van der Waals surface area contributed by atoms with Gasteiger partial charge in [-0.2, -0.15) is 5.10 Å². The van der Waals surface area contributed by atoms with Crippen molar-refractivity contribution < 1.29 is 0 Å². The highest BCUT2D eigenvalue weighted by molar-refractivity contribution is 4.90. The monoisotopic (exact) mass is 179 g/mol. The predicted molar refractivity (Wildman–Crippen MR) is 51.6 cm³/mol. The van der Waals surface area contributed by atoms with Crippen LogP contribution in [0.25, 0.3) is 0 Å². The minimum atomic E-state index is 0.620. The minimum absolute atomic E-state index is 0.620. The van der Waals surface area contributed by atoms with Gasteiger partial charge in [0.2, 0.25) is 0 Å². The average Bonchev–Trinajstić information content (AvgIpc) is 2.47. The summed E-state index contributed by atoms with van der Waals surface area (Å²) >= 11 is 0. The summed E-state index contributed by atoms with van der Waals surface area (Å²) in [4.78, 5) is 4.34. The maximum atomic E-state index is 4.44. The van der Waals surface area contributed by atoms with E-state index in [0.29, 0.717) is 6.04 Å². The minimum Gasteiger partial charge on any atom is -0.247 e. The van der Waals surface area contributed by atoms with E-state index in [2.05, 4.69) is 21.7 Å². The number of aromatic nitrogens is 3. The molecule has 0 atom stereocenters. The molecule has 0 spiro atoms. The van der Waals surface area contributed by atoms with Gasteiger partial charge in [-0.15, -0.1) is 0 Å². The van der Waals surface area contributed by atoms with Crippen molar-refractivity contribution >= 4 is 0 Å². The second kappa shape index (κ2) is 3.48. The molecule has 1 heterocycles. The van der Waals surface area contributed by atoms with Gasteiger partial charge in [0.25, 0.3) is 0 Å². The highest BCUT2D eigenvalue weighted by Gasteiger charge is 2.17. The molecule has 72 valence electrons. The van der Waals surface area contributed by atoms with Crippen molar-refractivity contribution in [3.8, 4) is 0 Å². The molecule has 1 aromatic rings. The summed E-state index contributed by atoms with van der Waals surface area (Å²) < 4.78 is 2.12. The van der Waals surface area contributed by atoms with Crippen LogP contribution >= 0.6 is 0 Å². The molecule has 0 aliphatic heterocycles. The molecule has 0 N–H and O–H groups in total. The molecule has 0 unspecified atom stereocenters. The van der Waals surface area contributed by atoms with Crippen LogP contribution in [0, 0.1) is 13.8 Å². The SMILES string of the molecule is Cc1nc(C)n(C2CCCCC2)n1. The average molecular weight is 179 g/mol. The highest BCUT2D eigenvalue weighted by Crippen LogP contribution is 2.27. The summed E-state index contributed by atoms with van der Waals surface area (Å²) in [6, 6.07) is 0.620. The molecule has 0 radical (unpaired) electrons. The fourth-order valence-electron chi connectivity index (χ4n) is 2.21. The Labute approximate surface area is 79.2 Å². The standard InChI is InChI=1S/C10H17N3/c1-8-11-9(2)13(12-8)10-6-4-3-5-7-10/h10H,3-7H2,1-2H3. The molecule has 0 bridgehead atoms. The van der Waals surface area contributed by atoms with E-state index in [1.54, 1.807) is 0 Å². The van der Waals surface area contributed by atoms with E-state index in [1.807, 2.05) is 6.92 Å². The summed E-state index contributed by atoms with van der Waals surface area (Å²) in [5.74, 6) is 1.98. The van der Waals surface area contributed by atoms with E-state index in [0.717, 1.165) is 11.6 Å². The number of hydrogen-bond donors (Lipinski definition) is 0. The van der Waals surface area contributed by atoms with E-state index in [-0.39, 0.29) is 0 Å². The third kappa shape index (κ3) is 1.74. The summed E-state index contributed by atoms with van der Waals surface area (Å²) in [6.07, 6.45) is 6.66. The molecule has 3 nitrogen and oxygen atoms in total. The second-order valence-corrected chi connectivity index (χ2v) is 3.94. The normalized spacial score (nSPS) is 19.2. The number of hydrogen-bond acceptors (Lipinski definition) is 2. The van der Waals surface area contributed by atoms with Crippen LogP contribution in [-0.4, -0.2) is 14.8 Å². The van der Waals surface area contributed by atoms with Crippen LogP contribution in [0.5, 0.6) is 0 Å². The zero-order valence-corrected chi connectivity index (χ0v) is 8.45. The largest absolute Gasteiger partial charge is 0.247 e. The first kappa shape index (κ1) is 8.73. The predicted octanol–water partition coefficient (Wildman–Crippen LogP) is 2.40.